The highest BCUT2D eigenvalue weighted by molar-refractivity contribution is 6.02. The van der Waals surface area contributed by atoms with Gasteiger partial charge in [0.25, 0.3) is 0 Å². The van der Waals surface area contributed by atoms with E-state index in [0.29, 0.717) is 36.2 Å². The standard InChI is InChI=1S/C27H32N4O5/c32-18-17-31(23-9-5-7-21-8-6-16-28-27(21)23)26(35)19-20-12-14-22(15-13-20)29-24(33)10-3-1-2-4-11-25(34)30-36/h5-9,12-16,32,36H,1-4,10-11,17-19H2,(H,29,33)(H,30,34). The summed E-state index contributed by atoms with van der Waals surface area (Å²) in [7, 11) is 0. The van der Waals surface area contributed by atoms with Crippen LogP contribution in [0.25, 0.3) is 10.9 Å². The quantitative estimate of drug-likeness (QED) is 0.164. The number of amides is 3. The fourth-order valence-electron chi connectivity index (χ4n) is 3.97. The van der Waals surface area contributed by atoms with Gasteiger partial charge in [-0.2, -0.15) is 0 Å². The Morgan fingerprint density at radius 1 is 0.861 bits per heavy atom. The first-order chi connectivity index (χ1) is 17.5. The van der Waals surface area contributed by atoms with Crippen LogP contribution in [0.15, 0.2) is 60.8 Å². The highest BCUT2D eigenvalue weighted by Gasteiger charge is 2.18. The van der Waals surface area contributed by atoms with Gasteiger partial charge in [-0.25, -0.2) is 5.48 Å². The molecular weight excluding hydrogens is 460 g/mol. The molecule has 9 heteroatoms. The number of carbonyl (C=O) groups is 3. The van der Waals surface area contributed by atoms with Crippen LogP contribution in [0, 0.1) is 0 Å². The predicted octanol–water partition coefficient (Wildman–Crippen LogP) is 3.59. The minimum Gasteiger partial charge on any atom is -0.395 e. The number of hydroxylamine groups is 1. The van der Waals surface area contributed by atoms with Crippen molar-refractivity contribution in [1.82, 2.24) is 10.5 Å². The molecule has 0 saturated carbocycles. The van der Waals surface area contributed by atoms with Crippen LogP contribution in [-0.4, -0.2) is 46.2 Å². The number of aliphatic hydroxyl groups excluding tert-OH is 1. The Hall–Kier alpha value is -3.82. The Labute approximate surface area is 210 Å². The molecule has 0 aliphatic heterocycles. The minimum absolute atomic E-state index is 0.0931. The van der Waals surface area contributed by atoms with E-state index in [1.165, 1.54) is 0 Å². The Kier molecular flexibility index (Phi) is 10.3. The summed E-state index contributed by atoms with van der Waals surface area (Å²) in [6.07, 6.45) is 5.49. The molecule has 0 radical (unpaired) electrons. The van der Waals surface area contributed by atoms with Crippen molar-refractivity contribution in [2.75, 3.05) is 23.4 Å². The number of hydrogen-bond acceptors (Lipinski definition) is 6. The van der Waals surface area contributed by atoms with Gasteiger partial charge in [-0.15, -0.1) is 0 Å². The van der Waals surface area contributed by atoms with Gasteiger partial charge in [-0.1, -0.05) is 43.2 Å². The smallest absolute Gasteiger partial charge is 0.243 e. The first kappa shape index (κ1) is 26.8. The van der Waals surface area contributed by atoms with Gasteiger partial charge < -0.3 is 15.3 Å². The maximum Gasteiger partial charge on any atom is 0.243 e. The van der Waals surface area contributed by atoms with Crippen molar-refractivity contribution >= 4 is 40.0 Å². The van der Waals surface area contributed by atoms with Gasteiger partial charge in [-0.3, -0.25) is 24.6 Å². The van der Waals surface area contributed by atoms with Gasteiger partial charge in [0.2, 0.25) is 17.7 Å². The molecule has 0 atom stereocenters. The highest BCUT2D eigenvalue weighted by Crippen LogP contribution is 2.25. The molecule has 1 aromatic heterocycles. The first-order valence-corrected chi connectivity index (χ1v) is 12.1. The average molecular weight is 493 g/mol. The van der Waals surface area contributed by atoms with Gasteiger partial charge in [0.15, 0.2) is 0 Å². The molecular formula is C27H32N4O5. The molecule has 3 aromatic rings. The molecule has 4 N–H and O–H groups in total. The van der Waals surface area contributed by atoms with E-state index in [1.807, 2.05) is 30.3 Å². The SMILES string of the molecule is O=C(CCCCCCC(=O)Nc1ccc(CC(=O)N(CCO)c2cccc3cccnc23)cc1)NO. The lowest BCUT2D eigenvalue weighted by atomic mass is 10.1. The molecule has 0 aliphatic rings. The summed E-state index contributed by atoms with van der Waals surface area (Å²) in [5, 5.41) is 21.8. The summed E-state index contributed by atoms with van der Waals surface area (Å²) in [5.74, 6) is -0.649. The average Bonchev–Trinajstić information content (AvgIpc) is 2.90. The maximum absolute atomic E-state index is 13.1. The third-order valence-corrected chi connectivity index (χ3v) is 5.80. The van der Waals surface area contributed by atoms with E-state index in [2.05, 4.69) is 10.3 Å². The van der Waals surface area contributed by atoms with Crippen molar-refractivity contribution in [2.45, 2.75) is 44.9 Å². The zero-order valence-electron chi connectivity index (χ0n) is 20.2. The van der Waals surface area contributed by atoms with Gasteiger partial charge in [0, 0.05) is 36.7 Å². The van der Waals surface area contributed by atoms with Crippen LogP contribution in [-0.2, 0) is 20.8 Å². The van der Waals surface area contributed by atoms with E-state index in [9.17, 15) is 19.5 Å². The second-order valence-electron chi connectivity index (χ2n) is 8.49. The number of fused-ring (bicyclic) bond motifs is 1. The maximum atomic E-state index is 13.1. The van der Waals surface area contributed by atoms with E-state index in [4.69, 9.17) is 5.21 Å². The number of aromatic nitrogens is 1. The van der Waals surface area contributed by atoms with Crippen LogP contribution in [0.4, 0.5) is 11.4 Å². The van der Waals surface area contributed by atoms with E-state index < -0.39 is 5.91 Å². The lowest BCUT2D eigenvalue weighted by Gasteiger charge is -2.23. The third kappa shape index (κ3) is 7.86. The summed E-state index contributed by atoms with van der Waals surface area (Å²) >= 11 is 0. The van der Waals surface area contributed by atoms with Gasteiger partial charge in [0.1, 0.15) is 0 Å². The summed E-state index contributed by atoms with van der Waals surface area (Å²) in [6, 6.07) is 16.5. The zero-order chi connectivity index (χ0) is 25.8. The monoisotopic (exact) mass is 492 g/mol. The zero-order valence-corrected chi connectivity index (χ0v) is 20.2. The second-order valence-corrected chi connectivity index (χ2v) is 8.49. The van der Waals surface area contributed by atoms with E-state index in [0.717, 1.165) is 23.8 Å². The molecule has 1 heterocycles. The van der Waals surface area contributed by atoms with Crippen LogP contribution in [0.2, 0.25) is 0 Å². The molecule has 3 amide bonds. The Bertz CT molecular complexity index is 1160. The summed E-state index contributed by atoms with van der Waals surface area (Å²) < 4.78 is 0. The van der Waals surface area contributed by atoms with Crippen molar-refractivity contribution < 1.29 is 24.7 Å². The lowest BCUT2D eigenvalue weighted by Crippen LogP contribution is -2.35. The second kappa shape index (κ2) is 13.9. The number of para-hydroxylation sites is 1. The van der Waals surface area contributed by atoms with Crippen LogP contribution < -0.4 is 15.7 Å². The molecule has 0 bridgehead atoms. The molecule has 36 heavy (non-hydrogen) atoms. The molecule has 9 nitrogen and oxygen atoms in total. The number of rotatable bonds is 13. The van der Waals surface area contributed by atoms with E-state index in [1.54, 1.807) is 40.8 Å². The summed E-state index contributed by atoms with van der Waals surface area (Å²) in [6.45, 7) is -0.00475. The summed E-state index contributed by atoms with van der Waals surface area (Å²) in [4.78, 5) is 42.3. The van der Waals surface area contributed by atoms with Crippen LogP contribution in [0.5, 0.6) is 0 Å². The molecule has 3 rings (SSSR count). The third-order valence-electron chi connectivity index (χ3n) is 5.80. The minimum atomic E-state index is -0.399. The number of aliphatic hydroxyl groups is 1. The fraction of sp³-hybridized carbons (Fsp3) is 0.333. The predicted molar refractivity (Wildman–Crippen MR) is 138 cm³/mol. The number of benzene rings is 2. The highest BCUT2D eigenvalue weighted by atomic mass is 16.5. The topological polar surface area (TPSA) is 132 Å². The largest absolute Gasteiger partial charge is 0.395 e. The molecule has 0 spiro atoms. The van der Waals surface area contributed by atoms with Crippen LogP contribution in [0.1, 0.15) is 44.1 Å². The lowest BCUT2D eigenvalue weighted by molar-refractivity contribution is -0.129. The fourth-order valence-corrected chi connectivity index (χ4v) is 3.97. The van der Waals surface area contributed by atoms with Crippen LogP contribution >= 0.6 is 0 Å². The number of carbonyl (C=O) groups excluding carboxylic acids is 3. The number of unbranched alkanes of at least 4 members (excludes halogenated alkanes) is 3. The van der Waals surface area contributed by atoms with Crippen molar-refractivity contribution in [2.24, 2.45) is 0 Å². The number of nitrogens with zero attached hydrogens (tertiary/aromatic N) is 2. The molecule has 190 valence electrons. The molecule has 0 fully saturated rings. The van der Waals surface area contributed by atoms with Crippen molar-refractivity contribution in [3.63, 3.8) is 0 Å². The van der Waals surface area contributed by atoms with E-state index >= 15 is 0 Å². The number of pyridine rings is 1. The molecule has 0 aliphatic carbocycles. The van der Waals surface area contributed by atoms with Crippen molar-refractivity contribution in [1.29, 1.82) is 0 Å². The van der Waals surface area contributed by atoms with Crippen molar-refractivity contribution in [3.05, 3.63) is 66.4 Å². The van der Waals surface area contributed by atoms with Crippen LogP contribution in [0.3, 0.4) is 0 Å². The Morgan fingerprint density at radius 3 is 2.25 bits per heavy atom. The molecule has 2 aromatic carbocycles. The van der Waals surface area contributed by atoms with Gasteiger partial charge in [-0.05, 0) is 42.7 Å². The molecule has 0 saturated heterocycles. The number of anilines is 2. The first-order valence-electron chi connectivity index (χ1n) is 12.1. The van der Waals surface area contributed by atoms with Gasteiger partial charge >= 0.3 is 0 Å². The Morgan fingerprint density at radius 2 is 1.56 bits per heavy atom. The number of nitrogens with one attached hydrogen (secondary N) is 2. The van der Waals surface area contributed by atoms with Gasteiger partial charge in [0.05, 0.1) is 24.2 Å². The van der Waals surface area contributed by atoms with E-state index in [-0.39, 0.29) is 37.8 Å². The number of hydrogen-bond donors (Lipinski definition) is 4. The van der Waals surface area contributed by atoms with Crippen molar-refractivity contribution in [3.8, 4) is 0 Å². The molecule has 0 unspecified atom stereocenters. The normalized spacial score (nSPS) is 10.7. The Balaban J connectivity index is 1.51. The summed E-state index contributed by atoms with van der Waals surface area (Å²) in [5.41, 5.74) is 4.41.